The van der Waals surface area contributed by atoms with Crippen molar-refractivity contribution in [3.8, 4) is 5.75 Å². The van der Waals surface area contributed by atoms with Gasteiger partial charge in [-0.15, -0.1) is 0 Å². The molecular weight excluding hydrogens is 410 g/mol. The molecule has 0 aliphatic heterocycles. The first-order chi connectivity index (χ1) is 15.4. The number of phenols is 1. The minimum atomic E-state index is -0.717. The van der Waals surface area contributed by atoms with Crippen molar-refractivity contribution < 1.29 is 24.2 Å². The number of carbonyl (C=O) groups is 3. The molecule has 0 saturated heterocycles. The van der Waals surface area contributed by atoms with Crippen molar-refractivity contribution in [3.05, 3.63) is 65.7 Å². The predicted octanol–water partition coefficient (Wildman–Crippen LogP) is 2.97. The van der Waals surface area contributed by atoms with Gasteiger partial charge >= 0.3 is 6.09 Å². The fourth-order valence-corrected chi connectivity index (χ4v) is 2.95. The lowest BCUT2D eigenvalue weighted by Gasteiger charge is -2.23. The smallest absolute Gasteiger partial charge is 0.408 e. The number of ether oxygens (including phenoxy) is 1. The van der Waals surface area contributed by atoms with Gasteiger partial charge in [-0.25, -0.2) is 4.79 Å². The van der Waals surface area contributed by atoms with Gasteiger partial charge in [-0.05, 0) is 36.1 Å². The molecule has 0 bridgehead atoms. The van der Waals surface area contributed by atoms with Crippen LogP contribution in [-0.4, -0.2) is 42.1 Å². The maximum atomic E-state index is 12.6. The molecule has 172 valence electrons. The monoisotopic (exact) mass is 441 g/mol. The Hall–Kier alpha value is -3.55. The van der Waals surface area contributed by atoms with Crippen LogP contribution in [0.2, 0.25) is 0 Å². The van der Waals surface area contributed by atoms with Crippen LogP contribution in [0.15, 0.2) is 54.6 Å². The molecule has 8 heteroatoms. The van der Waals surface area contributed by atoms with E-state index in [0.29, 0.717) is 31.5 Å². The van der Waals surface area contributed by atoms with E-state index in [1.165, 1.54) is 12.1 Å². The first-order valence-corrected chi connectivity index (χ1v) is 10.7. The lowest BCUT2D eigenvalue weighted by molar-refractivity contribution is -0.124. The summed E-state index contributed by atoms with van der Waals surface area (Å²) in [6.07, 6.45) is 0.576. The molecule has 0 aliphatic rings. The van der Waals surface area contributed by atoms with Crippen molar-refractivity contribution >= 4 is 17.9 Å². The number of hydrogen-bond acceptors (Lipinski definition) is 5. The highest BCUT2D eigenvalue weighted by Crippen LogP contribution is 2.11. The fraction of sp³-hybridized carbons (Fsp3) is 0.375. The number of phenolic OH excluding ortho intramolecular Hbond substituents is 1. The van der Waals surface area contributed by atoms with E-state index in [2.05, 4.69) is 16.0 Å². The molecule has 32 heavy (non-hydrogen) atoms. The van der Waals surface area contributed by atoms with Crippen LogP contribution in [0.4, 0.5) is 4.79 Å². The molecule has 0 aromatic heterocycles. The quantitative estimate of drug-likeness (QED) is 0.400. The van der Waals surface area contributed by atoms with E-state index in [4.69, 9.17) is 4.74 Å². The second kappa shape index (κ2) is 13.0. The molecule has 0 fully saturated rings. The number of benzene rings is 2. The first kappa shape index (κ1) is 24.7. The van der Waals surface area contributed by atoms with Gasteiger partial charge in [0.05, 0.1) is 0 Å². The van der Waals surface area contributed by atoms with Crippen molar-refractivity contribution in [2.75, 3.05) is 13.1 Å². The van der Waals surface area contributed by atoms with Crippen molar-refractivity contribution in [3.63, 3.8) is 0 Å². The number of hydrogen-bond donors (Lipinski definition) is 4. The molecule has 3 amide bonds. The lowest BCUT2D eigenvalue weighted by Crippen LogP contribution is -2.50. The van der Waals surface area contributed by atoms with Gasteiger partial charge < -0.3 is 25.8 Å². The highest BCUT2D eigenvalue weighted by Gasteiger charge is 2.26. The standard InChI is InChI=1S/C24H31N3O5/c1-3-17(2)21(27-24(31)32-16-18-9-5-4-6-10-18)23(30)26-14-8-13-25-22(29)19-11-7-12-20(28)15-19/h4-7,9-12,15,17,21,28H,3,8,13-14,16H2,1-2H3,(H,25,29)(H,26,30)(H,27,31)/t17-,21-/m0/s1. The Morgan fingerprint density at radius 1 is 1.00 bits per heavy atom. The minimum Gasteiger partial charge on any atom is -0.508 e. The van der Waals surface area contributed by atoms with Crippen LogP contribution in [0, 0.1) is 5.92 Å². The van der Waals surface area contributed by atoms with Crippen molar-refractivity contribution in [1.29, 1.82) is 0 Å². The lowest BCUT2D eigenvalue weighted by atomic mass is 9.98. The third-order valence-corrected chi connectivity index (χ3v) is 5.03. The minimum absolute atomic E-state index is 0.0239. The molecule has 0 spiro atoms. The van der Waals surface area contributed by atoms with Crippen LogP contribution in [0.1, 0.15) is 42.6 Å². The van der Waals surface area contributed by atoms with Crippen molar-refractivity contribution in [2.24, 2.45) is 5.92 Å². The highest BCUT2D eigenvalue weighted by molar-refractivity contribution is 5.94. The maximum absolute atomic E-state index is 12.6. The summed E-state index contributed by atoms with van der Waals surface area (Å²) in [5, 5.41) is 17.6. The number of carbonyl (C=O) groups excluding carboxylic acids is 3. The Labute approximate surface area is 188 Å². The summed E-state index contributed by atoms with van der Waals surface area (Å²) < 4.78 is 5.23. The molecule has 0 unspecified atom stereocenters. The normalized spacial score (nSPS) is 12.3. The Morgan fingerprint density at radius 2 is 1.72 bits per heavy atom. The summed E-state index contributed by atoms with van der Waals surface area (Å²) in [5.74, 6) is -0.650. The molecule has 4 N–H and O–H groups in total. The van der Waals surface area contributed by atoms with E-state index >= 15 is 0 Å². The molecule has 0 heterocycles. The van der Waals surface area contributed by atoms with E-state index in [9.17, 15) is 19.5 Å². The van der Waals surface area contributed by atoms with E-state index in [1.54, 1.807) is 12.1 Å². The number of alkyl carbamates (subject to hydrolysis) is 1. The maximum Gasteiger partial charge on any atom is 0.408 e. The zero-order chi connectivity index (χ0) is 23.3. The molecule has 0 aliphatic carbocycles. The fourth-order valence-electron chi connectivity index (χ4n) is 2.95. The Morgan fingerprint density at radius 3 is 2.41 bits per heavy atom. The zero-order valence-corrected chi connectivity index (χ0v) is 18.5. The Balaban J connectivity index is 1.74. The Kier molecular flexibility index (Phi) is 10.0. The summed E-state index contributed by atoms with van der Waals surface area (Å²) in [7, 11) is 0. The average molecular weight is 442 g/mol. The SMILES string of the molecule is CC[C@H](C)[C@H](NC(=O)OCc1ccccc1)C(=O)NCCCNC(=O)c1cccc(O)c1. The van der Waals surface area contributed by atoms with Gasteiger partial charge in [0.15, 0.2) is 0 Å². The van der Waals surface area contributed by atoms with Gasteiger partial charge in [0.1, 0.15) is 18.4 Å². The third kappa shape index (κ3) is 8.29. The van der Waals surface area contributed by atoms with E-state index in [-0.39, 0.29) is 30.1 Å². The predicted molar refractivity (Wildman–Crippen MR) is 121 cm³/mol. The molecule has 0 saturated carbocycles. The van der Waals surface area contributed by atoms with Gasteiger partial charge in [0.2, 0.25) is 5.91 Å². The topological polar surface area (TPSA) is 117 Å². The Bertz CT molecular complexity index is 888. The van der Waals surface area contributed by atoms with Gasteiger partial charge in [-0.3, -0.25) is 9.59 Å². The number of nitrogens with one attached hydrogen (secondary N) is 3. The zero-order valence-electron chi connectivity index (χ0n) is 18.5. The second-order valence-corrected chi connectivity index (χ2v) is 7.52. The van der Waals surface area contributed by atoms with Gasteiger partial charge in [0, 0.05) is 18.7 Å². The molecule has 2 aromatic rings. The van der Waals surface area contributed by atoms with Crippen LogP contribution in [-0.2, 0) is 16.1 Å². The van der Waals surface area contributed by atoms with Crippen LogP contribution in [0.3, 0.4) is 0 Å². The number of rotatable bonds is 11. The summed E-state index contributed by atoms with van der Waals surface area (Å²) >= 11 is 0. The number of amides is 3. The van der Waals surface area contributed by atoms with Crippen molar-refractivity contribution in [2.45, 2.75) is 39.3 Å². The van der Waals surface area contributed by atoms with Gasteiger partial charge in [0.25, 0.3) is 5.91 Å². The molecule has 2 aromatic carbocycles. The molecule has 0 radical (unpaired) electrons. The largest absolute Gasteiger partial charge is 0.508 e. The van der Waals surface area contributed by atoms with Gasteiger partial charge in [-0.1, -0.05) is 56.7 Å². The van der Waals surface area contributed by atoms with Crippen molar-refractivity contribution in [1.82, 2.24) is 16.0 Å². The van der Waals surface area contributed by atoms with Crippen LogP contribution < -0.4 is 16.0 Å². The van der Waals surface area contributed by atoms with E-state index < -0.39 is 12.1 Å². The van der Waals surface area contributed by atoms with E-state index in [1.807, 2.05) is 44.2 Å². The molecule has 2 rings (SSSR count). The summed E-state index contributed by atoms with van der Waals surface area (Å²) in [5.41, 5.74) is 1.23. The van der Waals surface area contributed by atoms with Crippen LogP contribution in [0.5, 0.6) is 5.75 Å². The van der Waals surface area contributed by atoms with E-state index in [0.717, 1.165) is 5.56 Å². The summed E-state index contributed by atoms with van der Waals surface area (Å²) in [4.78, 5) is 36.8. The first-order valence-electron chi connectivity index (χ1n) is 10.7. The summed E-state index contributed by atoms with van der Waals surface area (Å²) in [6.45, 7) is 4.65. The van der Waals surface area contributed by atoms with Gasteiger partial charge in [-0.2, -0.15) is 0 Å². The molecular formula is C24H31N3O5. The highest BCUT2D eigenvalue weighted by atomic mass is 16.5. The average Bonchev–Trinajstić information content (AvgIpc) is 2.80. The summed E-state index contributed by atoms with van der Waals surface area (Å²) in [6, 6.07) is 14.7. The molecule has 2 atom stereocenters. The second-order valence-electron chi connectivity index (χ2n) is 7.52. The van der Waals surface area contributed by atoms with Crippen LogP contribution >= 0.6 is 0 Å². The number of aromatic hydroxyl groups is 1. The van der Waals surface area contributed by atoms with Crippen LogP contribution in [0.25, 0.3) is 0 Å². The molecule has 8 nitrogen and oxygen atoms in total. The third-order valence-electron chi connectivity index (χ3n) is 5.03.